The van der Waals surface area contributed by atoms with Gasteiger partial charge in [-0.3, -0.25) is 4.79 Å². The van der Waals surface area contributed by atoms with Crippen LogP contribution in [0.2, 0.25) is 5.02 Å². The molecule has 7 nitrogen and oxygen atoms in total. The molecule has 26 heavy (non-hydrogen) atoms. The first-order chi connectivity index (χ1) is 12.5. The van der Waals surface area contributed by atoms with Crippen LogP contribution in [0.4, 0.5) is 17.1 Å². The number of nitrogen functional groups attached to an aromatic ring is 1. The van der Waals surface area contributed by atoms with Gasteiger partial charge in [-0.15, -0.1) is 0 Å². The third kappa shape index (κ3) is 4.59. The lowest BCUT2D eigenvalue weighted by Gasteiger charge is -2.11. The number of amides is 1. The molecule has 0 spiro atoms. The molecule has 8 heteroatoms. The number of ether oxygens (including phenoxy) is 2. The van der Waals surface area contributed by atoms with Gasteiger partial charge in [0.05, 0.1) is 30.6 Å². The van der Waals surface area contributed by atoms with Gasteiger partial charge in [0, 0.05) is 18.0 Å². The van der Waals surface area contributed by atoms with E-state index in [0.717, 1.165) is 0 Å². The molecule has 2 rings (SSSR count). The van der Waals surface area contributed by atoms with E-state index in [1.807, 2.05) is 6.07 Å². The number of rotatable bonds is 6. The highest BCUT2D eigenvalue weighted by atomic mass is 35.5. The zero-order valence-corrected chi connectivity index (χ0v) is 14.9. The molecule has 0 unspecified atom stereocenters. The van der Waals surface area contributed by atoms with Gasteiger partial charge in [-0.2, -0.15) is 5.26 Å². The summed E-state index contributed by atoms with van der Waals surface area (Å²) in [6, 6.07) is 11.7. The Morgan fingerprint density at radius 3 is 2.62 bits per heavy atom. The van der Waals surface area contributed by atoms with Crippen LogP contribution in [-0.4, -0.2) is 20.1 Å². The Balaban J connectivity index is 2.18. The molecule has 1 amide bonds. The van der Waals surface area contributed by atoms with Crippen LogP contribution in [0.15, 0.2) is 48.2 Å². The van der Waals surface area contributed by atoms with Crippen molar-refractivity contribution in [1.29, 1.82) is 5.26 Å². The normalized spacial score (nSPS) is 10.6. The van der Waals surface area contributed by atoms with Crippen LogP contribution < -0.4 is 25.8 Å². The average Bonchev–Trinajstić information content (AvgIpc) is 2.65. The van der Waals surface area contributed by atoms with E-state index in [9.17, 15) is 10.1 Å². The van der Waals surface area contributed by atoms with Crippen molar-refractivity contribution >= 4 is 34.6 Å². The molecule has 0 radical (unpaired) electrons. The third-order valence-electron chi connectivity index (χ3n) is 3.40. The number of nitrogens with one attached hydrogen (secondary N) is 2. The smallest absolute Gasteiger partial charge is 0.267 e. The van der Waals surface area contributed by atoms with E-state index in [-0.39, 0.29) is 5.57 Å². The van der Waals surface area contributed by atoms with Crippen LogP contribution in [0.25, 0.3) is 0 Å². The van der Waals surface area contributed by atoms with E-state index in [4.69, 9.17) is 26.8 Å². The lowest BCUT2D eigenvalue weighted by molar-refractivity contribution is -0.112. The molecule has 0 fully saturated rings. The molecule has 0 bridgehead atoms. The second-order valence-electron chi connectivity index (χ2n) is 5.07. The molecule has 0 saturated carbocycles. The molecule has 0 saturated heterocycles. The number of methoxy groups -OCH3 is 2. The number of carbonyl (C=O) groups is 1. The maximum atomic E-state index is 12.4. The van der Waals surface area contributed by atoms with Crippen LogP contribution >= 0.6 is 11.6 Å². The lowest BCUT2D eigenvalue weighted by Crippen LogP contribution is -2.15. The Labute approximate surface area is 156 Å². The predicted molar refractivity (Wildman–Crippen MR) is 101 cm³/mol. The largest absolute Gasteiger partial charge is 0.497 e. The molecule has 4 N–H and O–H groups in total. The Bertz CT molecular complexity index is 890. The minimum atomic E-state index is -0.604. The summed E-state index contributed by atoms with van der Waals surface area (Å²) >= 11 is 5.94. The van der Waals surface area contributed by atoms with Gasteiger partial charge in [0.25, 0.3) is 5.91 Å². The van der Waals surface area contributed by atoms with Crippen molar-refractivity contribution in [2.75, 3.05) is 30.6 Å². The Morgan fingerprint density at radius 1 is 1.23 bits per heavy atom. The quantitative estimate of drug-likeness (QED) is 0.407. The first-order valence-corrected chi connectivity index (χ1v) is 7.81. The van der Waals surface area contributed by atoms with Crippen molar-refractivity contribution in [1.82, 2.24) is 0 Å². The van der Waals surface area contributed by atoms with E-state index in [0.29, 0.717) is 33.6 Å². The number of carbonyl (C=O) groups excluding carboxylic acids is 1. The predicted octanol–water partition coefficient (Wildman–Crippen LogP) is 3.40. The summed E-state index contributed by atoms with van der Waals surface area (Å²) in [4.78, 5) is 12.4. The van der Waals surface area contributed by atoms with E-state index >= 15 is 0 Å². The number of nitrogens with two attached hydrogens (primary N) is 1. The average molecular weight is 373 g/mol. The van der Waals surface area contributed by atoms with Crippen LogP contribution in [-0.2, 0) is 4.79 Å². The number of nitrogens with zero attached hydrogens (tertiary/aromatic N) is 1. The van der Waals surface area contributed by atoms with Gasteiger partial charge in [-0.1, -0.05) is 11.6 Å². The summed E-state index contributed by atoms with van der Waals surface area (Å²) in [7, 11) is 2.99. The molecule has 0 aliphatic rings. The fraction of sp³-hybridized carbons (Fsp3) is 0.111. The fourth-order valence-electron chi connectivity index (χ4n) is 2.02. The molecule has 0 atom stereocenters. The van der Waals surface area contributed by atoms with Gasteiger partial charge < -0.3 is 25.8 Å². The summed E-state index contributed by atoms with van der Waals surface area (Å²) in [5.74, 6) is 0.376. The van der Waals surface area contributed by atoms with Crippen molar-refractivity contribution in [3.05, 3.63) is 53.2 Å². The first-order valence-electron chi connectivity index (χ1n) is 7.43. The molecule has 0 aromatic heterocycles. The molecule has 2 aromatic rings. The van der Waals surface area contributed by atoms with Crippen LogP contribution in [0, 0.1) is 11.3 Å². The number of halogens is 1. The monoisotopic (exact) mass is 372 g/mol. The Kier molecular flexibility index (Phi) is 6.31. The number of benzene rings is 2. The number of hydrogen-bond donors (Lipinski definition) is 3. The van der Waals surface area contributed by atoms with E-state index in [1.54, 1.807) is 36.4 Å². The van der Waals surface area contributed by atoms with Gasteiger partial charge in [0.15, 0.2) is 0 Å². The summed E-state index contributed by atoms with van der Waals surface area (Å²) in [6.45, 7) is 0. The molecule has 0 aliphatic carbocycles. The maximum Gasteiger partial charge on any atom is 0.267 e. The van der Waals surface area contributed by atoms with Crippen molar-refractivity contribution < 1.29 is 14.3 Å². The lowest BCUT2D eigenvalue weighted by atomic mass is 10.2. The minimum Gasteiger partial charge on any atom is -0.497 e. The van der Waals surface area contributed by atoms with Crippen LogP contribution in [0.5, 0.6) is 11.5 Å². The molecule has 2 aromatic carbocycles. The zero-order valence-electron chi connectivity index (χ0n) is 14.2. The first kappa shape index (κ1) is 19.0. The number of hydrogen-bond acceptors (Lipinski definition) is 6. The highest BCUT2D eigenvalue weighted by Crippen LogP contribution is 2.29. The van der Waals surface area contributed by atoms with Crippen molar-refractivity contribution in [2.24, 2.45) is 0 Å². The third-order valence-corrected chi connectivity index (χ3v) is 3.73. The number of nitriles is 1. The van der Waals surface area contributed by atoms with Gasteiger partial charge in [0.1, 0.15) is 23.1 Å². The number of anilines is 3. The topological polar surface area (TPSA) is 109 Å². The van der Waals surface area contributed by atoms with Gasteiger partial charge in [0.2, 0.25) is 0 Å². The highest BCUT2D eigenvalue weighted by molar-refractivity contribution is 6.33. The van der Waals surface area contributed by atoms with Crippen LogP contribution in [0.3, 0.4) is 0 Å². The summed E-state index contributed by atoms with van der Waals surface area (Å²) in [5, 5.41) is 15.1. The fourth-order valence-corrected chi connectivity index (χ4v) is 2.20. The summed E-state index contributed by atoms with van der Waals surface area (Å²) in [6.07, 6.45) is 1.28. The van der Waals surface area contributed by atoms with E-state index < -0.39 is 5.91 Å². The van der Waals surface area contributed by atoms with Crippen molar-refractivity contribution in [2.45, 2.75) is 0 Å². The standard InChI is InChI=1S/C18H17ClN4O3/c1-25-13-4-6-17(26-2)16(8-13)23-18(24)11(9-20)10-22-12-3-5-15(21)14(19)7-12/h3-8,10,22H,21H2,1-2H3,(H,23,24)/b11-10-. The van der Waals surface area contributed by atoms with Gasteiger partial charge in [-0.25, -0.2) is 0 Å². The maximum absolute atomic E-state index is 12.4. The van der Waals surface area contributed by atoms with E-state index in [2.05, 4.69) is 10.6 Å². The van der Waals surface area contributed by atoms with Gasteiger partial charge in [-0.05, 0) is 30.3 Å². The van der Waals surface area contributed by atoms with E-state index in [1.165, 1.54) is 20.4 Å². The summed E-state index contributed by atoms with van der Waals surface area (Å²) in [5.41, 5.74) is 6.91. The van der Waals surface area contributed by atoms with Crippen molar-refractivity contribution in [3.8, 4) is 17.6 Å². The molecule has 0 aliphatic heterocycles. The Morgan fingerprint density at radius 2 is 2.00 bits per heavy atom. The Hall–Kier alpha value is -3.37. The SMILES string of the molecule is COc1ccc(OC)c(NC(=O)/C(C#N)=C\Nc2ccc(N)c(Cl)c2)c1. The van der Waals surface area contributed by atoms with Gasteiger partial charge >= 0.3 is 0 Å². The minimum absolute atomic E-state index is 0.136. The highest BCUT2D eigenvalue weighted by Gasteiger charge is 2.13. The zero-order chi connectivity index (χ0) is 19.1. The second-order valence-corrected chi connectivity index (χ2v) is 5.48. The molecular weight excluding hydrogens is 356 g/mol. The molecule has 134 valence electrons. The summed E-state index contributed by atoms with van der Waals surface area (Å²) < 4.78 is 10.3. The van der Waals surface area contributed by atoms with Crippen LogP contribution in [0.1, 0.15) is 0 Å². The second kappa shape index (κ2) is 8.65. The molecule has 0 heterocycles. The van der Waals surface area contributed by atoms with Crippen molar-refractivity contribution in [3.63, 3.8) is 0 Å². The molecular formula is C18H17ClN4O3.